The minimum atomic E-state index is -1.15. The van der Waals surface area contributed by atoms with Crippen LogP contribution in [0.4, 0.5) is 0 Å². The Morgan fingerprint density at radius 3 is 0.935 bits per heavy atom. The minimum absolute atomic E-state index is 0.148. The highest BCUT2D eigenvalue weighted by Crippen LogP contribution is 2.18. The second-order valence-electron chi connectivity index (χ2n) is 19.9. The van der Waals surface area contributed by atoms with Gasteiger partial charge >= 0.3 is 0 Å². The summed E-state index contributed by atoms with van der Waals surface area (Å²) in [6.07, 6.45) is 65.4. The first-order chi connectivity index (χ1) is 30.6. The molecule has 0 aromatic carbocycles. The molecule has 3 unspecified atom stereocenters. The van der Waals surface area contributed by atoms with Crippen molar-refractivity contribution in [3.8, 4) is 0 Å². The first kappa shape index (κ1) is 61.1. The Hall–Kier alpha value is -0.910. The van der Waals surface area contributed by atoms with Gasteiger partial charge in [0.05, 0.1) is 18.8 Å². The molecular weight excluding hydrogens is 763 g/mol. The van der Waals surface area contributed by atoms with E-state index in [1.807, 2.05) is 0 Å². The number of unbranched alkanes of at least 4 members (excludes halogenated alkanes) is 43. The lowest BCUT2D eigenvalue weighted by Crippen LogP contribution is -2.50. The van der Waals surface area contributed by atoms with Crippen LogP contribution in [0.15, 0.2) is 12.2 Å². The summed E-state index contributed by atoms with van der Waals surface area (Å²) in [6.45, 7) is 4.19. The van der Waals surface area contributed by atoms with Crippen LogP contribution >= 0.6 is 0 Å². The summed E-state index contributed by atoms with van der Waals surface area (Å²) < 4.78 is 0. The van der Waals surface area contributed by atoms with E-state index < -0.39 is 18.2 Å². The number of nitrogens with one attached hydrogen (secondary N) is 1. The van der Waals surface area contributed by atoms with Gasteiger partial charge in [-0.25, -0.2) is 0 Å². The summed E-state index contributed by atoms with van der Waals surface area (Å²) in [4.78, 5) is 12.5. The Kier molecular flexibility index (Phi) is 51.9. The quantitative estimate of drug-likeness (QED) is 0.0362. The molecule has 0 aliphatic heterocycles. The molecular formula is C57H113NO4. The number of carbonyl (C=O) groups excluding carboxylic acids is 1. The highest BCUT2D eigenvalue weighted by molar-refractivity contribution is 5.76. The SMILES string of the molecule is CCCCCCCCCC/C=C/CCCC(O)C(O)C(CO)NC(=O)CCCCCCCCCCCCCCCCCCCCCCCCCCCCCCCCCCCCC. The number of aliphatic hydroxyl groups is 3. The molecule has 0 spiro atoms. The van der Waals surface area contributed by atoms with E-state index in [1.54, 1.807) is 0 Å². The third-order valence-corrected chi connectivity index (χ3v) is 13.6. The molecule has 0 fully saturated rings. The molecule has 5 heteroatoms. The Bertz CT molecular complexity index is 879. The lowest BCUT2D eigenvalue weighted by atomic mass is 10.0. The molecule has 0 aromatic heterocycles. The molecule has 0 aliphatic carbocycles. The molecule has 370 valence electrons. The number of amides is 1. The first-order valence-electron chi connectivity index (χ1n) is 28.5. The van der Waals surface area contributed by atoms with Gasteiger partial charge in [-0.05, 0) is 38.5 Å². The predicted octanol–water partition coefficient (Wildman–Crippen LogP) is 17.5. The van der Waals surface area contributed by atoms with Crippen molar-refractivity contribution >= 4 is 5.91 Å². The van der Waals surface area contributed by atoms with Gasteiger partial charge in [-0.3, -0.25) is 4.79 Å². The van der Waals surface area contributed by atoms with Gasteiger partial charge in [-0.1, -0.05) is 289 Å². The fourth-order valence-corrected chi connectivity index (χ4v) is 9.23. The normalized spacial score (nSPS) is 13.3. The number of rotatable bonds is 53. The van der Waals surface area contributed by atoms with E-state index in [9.17, 15) is 20.1 Å². The molecule has 4 N–H and O–H groups in total. The van der Waals surface area contributed by atoms with E-state index in [4.69, 9.17) is 0 Å². The zero-order chi connectivity index (χ0) is 45.1. The van der Waals surface area contributed by atoms with Crippen LogP contribution in [0.3, 0.4) is 0 Å². The molecule has 0 saturated carbocycles. The Balaban J connectivity index is 3.42. The van der Waals surface area contributed by atoms with E-state index in [0.29, 0.717) is 12.8 Å². The minimum Gasteiger partial charge on any atom is -0.394 e. The lowest BCUT2D eigenvalue weighted by Gasteiger charge is -2.26. The lowest BCUT2D eigenvalue weighted by molar-refractivity contribution is -0.124. The summed E-state index contributed by atoms with van der Waals surface area (Å²) in [5.74, 6) is -0.148. The van der Waals surface area contributed by atoms with Crippen LogP contribution < -0.4 is 5.32 Å². The van der Waals surface area contributed by atoms with Crippen LogP contribution in [0.2, 0.25) is 0 Å². The summed E-state index contributed by atoms with van der Waals surface area (Å²) >= 11 is 0. The van der Waals surface area contributed by atoms with Crippen molar-refractivity contribution in [2.75, 3.05) is 6.61 Å². The molecule has 0 rings (SSSR count). The summed E-state index contributed by atoms with van der Waals surface area (Å²) in [5, 5.41) is 33.6. The molecule has 0 aliphatic rings. The zero-order valence-corrected chi connectivity index (χ0v) is 42.3. The van der Waals surface area contributed by atoms with Crippen LogP contribution in [0, 0.1) is 0 Å². The van der Waals surface area contributed by atoms with Gasteiger partial charge in [0.15, 0.2) is 0 Å². The van der Waals surface area contributed by atoms with Crippen LogP contribution in [0.5, 0.6) is 0 Å². The van der Waals surface area contributed by atoms with E-state index in [2.05, 4.69) is 31.3 Å². The number of aliphatic hydroxyl groups excluding tert-OH is 3. The summed E-state index contributed by atoms with van der Waals surface area (Å²) in [5.41, 5.74) is 0. The van der Waals surface area contributed by atoms with Gasteiger partial charge in [0, 0.05) is 6.42 Å². The monoisotopic (exact) mass is 876 g/mol. The molecule has 1 amide bonds. The molecule has 5 nitrogen and oxygen atoms in total. The van der Waals surface area contributed by atoms with Crippen molar-refractivity contribution in [2.45, 2.75) is 340 Å². The maximum Gasteiger partial charge on any atom is 0.220 e. The number of hydrogen-bond donors (Lipinski definition) is 4. The predicted molar refractivity (Wildman–Crippen MR) is 273 cm³/mol. The molecule has 62 heavy (non-hydrogen) atoms. The van der Waals surface area contributed by atoms with Gasteiger partial charge in [-0.2, -0.15) is 0 Å². The highest BCUT2D eigenvalue weighted by Gasteiger charge is 2.26. The van der Waals surface area contributed by atoms with Crippen LogP contribution in [-0.4, -0.2) is 46.1 Å². The second-order valence-corrected chi connectivity index (χ2v) is 19.9. The molecule has 0 saturated heterocycles. The van der Waals surface area contributed by atoms with Gasteiger partial charge in [0.1, 0.15) is 6.10 Å². The average molecular weight is 877 g/mol. The fraction of sp³-hybridized carbons (Fsp3) is 0.947. The van der Waals surface area contributed by atoms with E-state index in [-0.39, 0.29) is 12.5 Å². The van der Waals surface area contributed by atoms with Crippen molar-refractivity contribution in [3.63, 3.8) is 0 Å². The van der Waals surface area contributed by atoms with Crippen LogP contribution in [-0.2, 0) is 4.79 Å². The third-order valence-electron chi connectivity index (χ3n) is 13.6. The molecule has 3 atom stereocenters. The number of allylic oxidation sites excluding steroid dienone is 2. The number of carbonyl (C=O) groups is 1. The maximum atomic E-state index is 12.5. The van der Waals surface area contributed by atoms with E-state index in [0.717, 1.165) is 38.5 Å². The van der Waals surface area contributed by atoms with Gasteiger partial charge in [-0.15, -0.1) is 0 Å². The Morgan fingerprint density at radius 1 is 0.387 bits per heavy atom. The van der Waals surface area contributed by atoms with Crippen molar-refractivity contribution in [3.05, 3.63) is 12.2 Å². The van der Waals surface area contributed by atoms with Crippen LogP contribution in [0.1, 0.15) is 322 Å². The van der Waals surface area contributed by atoms with Gasteiger partial charge < -0.3 is 20.6 Å². The van der Waals surface area contributed by atoms with Gasteiger partial charge in [0.2, 0.25) is 5.91 Å². The van der Waals surface area contributed by atoms with E-state index in [1.165, 1.54) is 257 Å². The van der Waals surface area contributed by atoms with E-state index >= 15 is 0 Å². The molecule has 0 aromatic rings. The Morgan fingerprint density at radius 2 is 0.645 bits per heavy atom. The van der Waals surface area contributed by atoms with Crippen molar-refractivity contribution < 1.29 is 20.1 Å². The van der Waals surface area contributed by atoms with Gasteiger partial charge in [0.25, 0.3) is 0 Å². The largest absolute Gasteiger partial charge is 0.394 e. The second kappa shape index (κ2) is 52.7. The van der Waals surface area contributed by atoms with Crippen molar-refractivity contribution in [1.82, 2.24) is 5.32 Å². The van der Waals surface area contributed by atoms with Crippen molar-refractivity contribution in [2.24, 2.45) is 0 Å². The Labute approximate surface area is 389 Å². The topological polar surface area (TPSA) is 89.8 Å². The maximum absolute atomic E-state index is 12.5. The highest BCUT2D eigenvalue weighted by atomic mass is 16.3. The smallest absolute Gasteiger partial charge is 0.220 e. The molecule has 0 radical (unpaired) electrons. The number of hydrogen-bond acceptors (Lipinski definition) is 4. The first-order valence-corrected chi connectivity index (χ1v) is 28.5. The third kappa shape index (κ3) is 47.1. The molecule has 0 heterocycles. The standard InChI is InChI=1S/C57H113NO4/c1-3-5-7-9-11-13-15-17-18-19-20-21-22-23-24-25-26-27-28-29-30-31-32-33-34-35-36-37-38-40-42-44-46-48-50-52-56(61)58-54(53-59)57(62)55(60)51-49-47-45-43-41-39-16-14-12-10-8-6-4-2/h43,45,54-55,57,59-60,62H,3-42,44,46-53H2,1-2H3,(H,58,61)/b45-43+. The van der Waals surface area contributed by atoms with Crippen molar-refractivity contribution in [1.29, 1.82) is 0 Å². The average Bonchev–Trinajstić information content (AvgIpc) is 3.28. The summed E-state index contributed by atoms with van der Waals surface area (Å²) in [7, 11) is 0. The molecule has 0 bridgehead atoms. The fourth-order valence-electron chi connectivity index (χ4n) is 9.23. The summed E-state index contributed by atoms with van der Waals surface area (Å²) in [6, 6.07) is -0.821. The van der Waals surface area contributed by atoms with Crippen LogP contribution in [0.25, 0.3) is 0 Å². The zero-order valence-electron chi connectivity index (χ0n) is 42.3.